The molecule has 0 fully saturated rings. The summed E-state index contributed by atoms with van der Waals surface area (Å²) in [7, 11) is -3.62. The summed E-state index contributed by atoms with van der Waals surface area (Å²) in [5, 5.41) is 9.78. The van der Waals surface area contributed by atoms with Crippen LogP contribution >= 0.6 is 0 Å². The SMILES string of the molecule is CC1=C(C(C/C(C)=C/C(O)C/C(C)=C\C=O)S(=O)(=O)c2ccc(C)cc2)C(C)(C)CCC1.[Ac]. The van der Waals surface area contributed by atoms with Crippen LogP contribution in [0.5, 0.6) is 0 Å². The topological polar surface area (TPSA) is 71.4 Å². The first-order valence-corrected chi connectivity index (χ1v) is 12.9. The molecular weight excluding hydrogens is 647 g/mol. The van der Waals surface area contributed by atoms with Crippen molar-refractivity contribution in [1.82, 2.24) is 0 Å². The molecule has 0 saturated heterocycles. The van der Waals surface area contributed by atoms with Crippen LogP contribution in [0, 0.1) is 56.4 Å². The van der Waals surface area contributed by atoms with E-state index in [1.807, 2.05) is 26.0 Å². The number of sulfone groups is 1. The molecular formula is C27H38AcO4S. The van der Waals surface area contributed by atoms with Crippen molar-refractivity contribution in [2.24, 2.45) is 5.41 Å². The Kier molecular flexibility index (Phi) is 12.0. The summed E-state index contributed by atoms with van der Waals surface area (Å²) >= 11 is 0. The molecule has 0 spiro atoms. The Bertz CT molecular complexity index is 1010. The van der Waals surface area contributed by atoms with Gasteiger partial charge in [-0.25, -0.2) is 8.42 Å². The molecule has 6 heteroatoms. The van der Waals surface area contributed by atoms with E-state index in [2.05, 4.69) is 20.8 Å². The van der Waals surface area contributed by atoms with Gasteiger partial charge in [-0.1, -0.05) is 54.3 Å². The second-order valence-electron chi connectivity index (χ2n) is 9.92. The third kappa shape index (κ3) is 8.27. The smallest absolute Gasteiger partial charge is 0.185 e. The van der Waals surface area contributed by atoms with Crippen LogP contribution < -0.4 is 0 Å². The molecule has 1 aliphatic rings. The van der Waals surface area contributed by atoms with Crippen LogP contribution in [0.4, 0.5) is 0 Å². The number of aliphatic hydroxyl groups is 1. The van der Waals surface area contributed by atoms with Crippen molar-refractivity contribution in [3.8, 4) is 0 Å². The van der Waals surface area contributed by atoms with E-state index in [0.29, 0.717) is 24.0 Å². The largest absolute Gasteiger partial charge is 0.389 e. The molecule has 2 rings (SSSR count). The van der Waals surface area contributed by atoms with Crippen LogP contribution in [0.1, 0.15) is 72.3 Å². The molecule has 0 bridgehead atoms. The summed E-state index contributed by atoms with van der Waals surface area (Å²) in [6, 6.07) is 7.08. The summed E-state index contributed by atoms with van der Waals surface area (Å²) in [5.41, 5.74) is 4.62. The number of carbonyl (C=O) groups excluding carboxylic acids is 1. The summed E-state index contributed by atoms with van der Waals surface area (Å²) in [4.78, 5) is 11.0. The van der Waals surface area contributed by atoms with Gasteiger partial charge in [-0.05, 0) is 89.0 Å². The Morgan fingerprint density at radius 1 is 1.09 bits per heavy atom. The van der Waals surface area contributed by atoms with E-state index in [0.717, 1.165) is 41.5 Å². The van der Waals surface area contributed by atoms with E-state index in [-0.39, 0.29) is 49.5 Å². The van der Waals surface area contributed by atoms with Gasteiger partial charge in [0.1, 0.15) is 6.29 Å². The molecule has 0 saturated carbocycles. The Morgan fingerprint density at radius 2 is 1.70 bits per heavy atom. The molecule has 179 valence electrons. The van der Waals surface area contributed by atoms with Gasteiger partial charge in [0.2, 0.25) is 0 Å². The van der Waals surface area contributed by atoms with Gasteiger partial charge in [0.05, 0.1) is 16.2 Å². The van der Waals surface area contributed by atoms with Crippen molar-refractivity contribution in [2.75, 3.05) is 0 Å². The molecule has 1 aromatic rings. The third-order valence-corrected chi connectivity index (χ3v) is 8.54. The summed E-state index contributed by atoms with van der Waals surface area (Å²) < 4.78 is 27.8. The maximum atomic E-state index is 13.9. The predicted molar refractivity (Wildman–Crippen MR) is 131 cm³/mol. The van der Waals surface area contributed by atoms with Gasteiger partial charge in [0, 0.05) is 44.1 Å². The monoisotopic (exact) mass is 685 g/mol. The normalized spacial score (nSPS) is 19.0. The molecule has 0 aromatic heterocycles. The van der Waals surface area contributed by atoms with E-state index in [1.54, 1.807) is 25.1 Å². The number of rotatable bonds is 9. The summed E-state index contributed by atoms with van der Waals surface area (Å²) in [6.07, 6.45) is 6.74. The molecule has 1 aromatic carbocycles. The van der Waals surface area contributed by atoms with E-state index < -0.39 is 21.2 Å². The van der Waals surface area contributed by atoms with Crippen molar-refractivity contribution in [3.63, 3.8) is 0 Å². The van der Waals surface area contributed by atoms with Crippen molar-refractivity contribution < 1.29 is 62.4 Å². The first-order chi connectivity index (χ1) is 14.9. The Labute approximate surface area is 236 Å². The molecule has 0 amide bonds. The van der Waals surface area contributed by atoms with Crippen molar-refractivity contribution in [1.29, 1.82) is 0 Å². The summed E-state index contributed by atoms with van der Waals surface area (Å²) in [6.45, 7) is 12.0. The molecule has 1 aliphatic carbocycles. The van der Waals surface area contributed by atoms with Gasteiger partial charge in [0.15, 0.2) is 9.84 Å². The van der Waals surface area contributed by atoms with Crippen LogP contribution in [0.15, 0.2) is 63.6 Å². The van der Waals surface area contributed by atoms with E-state index in [4.69, 9.17) is 0 Å². The van der Waals surface area contributed by atoms with Crippen molar-refractivity contribution >= 4 is 16.1 Å². The van der Waals surface area contributed by atoms with E-state index >= 15 is 0 Å². The summed E-state index contributed by atoms with van der Waals surface area (Å²) in [5.74, 6) is 0. The number of hydrogen-bond acceptors (Lipinski definition) is 4. The second-order valence-corrected chi connectivity index (χ2v) is 12.0. The number of carbonyl (C=O) groups is 1. The van der Waals surface area contributed by atoms with Crippen LogP contribution in [-0.2, 0) is 14.6 Å². The number of aldehydes is 1. The molecule has 0 aliphatic heterocycles. The zero-order valence-electron chi connectivity index (χ0n) is 20.9. The first-order valence-electron chi connectivity index (χ1n) is 11.4. The van der Waals surface area contributed by atoms with Gasteiger partial charge in [-0.3, -0.25) is 4.79 Å². The van der Waals surface area contributed by atoms with E-state index in [1.165, 1.54) is 11.6 Å². The standard InChI is InChI=1S/C27H38O4S.Ac/c1-19-9-11-24(12-10-19)32(30,31)25(26-22(4)8-7-14-27(26,5)6)18-21(3)17-23(29)16-20(2)13-15-28;/h9-13,15,17,23,25,29H,7-8,14,16,18H2,1-6H3;/b20-13-,21-17+;. The number of aryl methyl sites for hydroxylation is 1. The maximum absolute atomic E-state index is 13.9. The fraction of sp³-hybridized carbons (Fsp3) is 0.519. The molecule has 2 atom stereocenters. The number of benzene rings is 1. The number of aliphatic hydroxyl groups excluding tert-OH is 1. The average Bonchev–Trinajstić information content (AvgIpc) is 2.66. The molecule has 2 unspecified atom stereocenters. The van der Waals surface area contributed by atoms with Crippen molar-refractivity contribution in [2.45, 2.75) is 89.9 Å². The fourth-order valence-corrected chi connectivity index (χ4v) is 7.03. The van der Waals surface area contributed by atoms with E-state index in [9.17, 15) is 18.3 Å². The quantitative estimate of drug-likeness (QED) is 0.200. The van der Waals surface area contributed by atoms with Crippen molar-refractivity contribution in [3.05, 3.63) is 64.3 Å². The maximum Gasteiger partial charge on any atom is 0.185 e. The molecule has 1 N–H and O–H groups in total. The first kappa shape index (κ1) is 30.5. The Hall–Kier alpha value is -0.538. The van der Waals surface area contributed by atoms with Gasteiger partial charge >= 0.3 is 0 Å². The van der Waals surface area contributed by atoms with Gasteiger partial charge in [-0.15, -0.1) is 0 Å². The second kappa shape index (κ2) is 13.0. The van der Waals surface area contributed by atoms with Gasteiger partial charge < -0.3 is 5.11 Å². The van der Waals surface area contributed by atoms with Gasteiger partial charge in [-0.2, -0.15) is 0 Å². The minimum absolute atomic E-state index is 0. The average molecular weight is 686 g/mol. The fourth-order valence-electron chi connectivity index (χ4n) is 4.87. The minimum Gasteiger partial charge on any atom is -0.389 e. The molecule has 1 radical (unpaired) electrons. The Morgan fingerprint density at radius 3 is 2.24 bits per heavy atom. The van der Waals surface area contributed by atoms with Crippen LogP contribution in [0.25, 0.3) is 0 Å². The number of allylic oxidation sites excluding steroid dienone is 3. The Balaban J connectivity index is 0.00000544. The molecule has 4 nitrogen and oxygen atoms in total. The predicted octanol–water partition coefficient (Wildman–Crippen LogP) is 5.90. The number of hydrogen-bond donors (Lipinski definition) is 1. The van der Waals surface area contributed by atoms with Crippen LogP contribution in [0.3, 0.4) is 0 Å². The van der Waals surface area contributed by atoms with Crippen LogP contribution in [-0.4, -0.2) is 31.2 Å². The molecule has 33 heavy (non-hydrogen) atoms. The zero-order chi connectivity index (χ0) is 24.1. The third-order valence-electron chi connectivity index (χ3n) is 6.46. The zero-order valence-corrected chi connectivity index (χ0v) is 26.5. The van der Waals surface area contributed by atoms with Crippen LogP contribution in [0.2, 0.25) is 0 Å². The minimum atomic E-state index is -3.62. The van der Waals surface area contributed by atoms with Gasteiger partial charge in [0.25, 0.3) is 0 Å². The molecule has 0 heterocycles.